The van der Waals surface area contributed by atoms with Crippen LogP contribution in [0.1, 0.15) is 24.5 Å². The van der Waals surface area contributed by atoms with Gasteiger partial charge in [0.25, 0.3) is 0 Å². The predicted octanol–water partition coefficient (Wildman–Crippen LogP) is 4.29. The van der Waals surface area contributed by atoms with Gasteiger partial charge in [-0.2, -0.15) is 0 Å². The number of rotatable bonds is 6. The van der Waals surface area contributed by atoms with Gasteiger partial charge in [0, 0.05) is 24.7 Å². The molecule has 0 aliphatic carbocycles. The highest BCUT2D eigenvalue weighted by Crippen LogP contribution is 2.32. The number of methoxy groups -OCH3 is 1. The first-order valence-electron chi connectivity index (χ1n) is 9.48. The van der Waals surface area contributed by atoms with E-state index in [9.17, 15) is 9.59 Å². The number of hydrogen-bond donors (Lipinski definition) is 1. The number of carbonyl (C=O) groups is 2. The molecule has 0 radical (unpaired) electrons. The second-order valence-corrected chi connectivity index (χ2v) is 8.08. The van der Waals surface area contributed by atoms with Gasteiger partial charge in [0.05, 0.1) is 12.8 Å². The summed E-state index contributed by atoms with van der Waals surface area (Å²) in [5.74, 6) is 0.433. The highest BCUT2D eigenvalue weighted by atomic mass is 32.2. The van der Waals surface area contributed by atoms with E-state index < -0.39 is 5.25 Å². The molecule has 2 aromatic rings. The normalized spacial score (nSPS) is 17.7. The van der Waals surface area contributed by atoms with Crippen LogP contribution in [0.4, 0.5) is 11.4 Å². The van der Waals surface area contributed by atoms with E-state index in [1.165, 1.54) is 11.8 Å². The molecule has 1 fully saturated rings. The van der Waals surface area contributed by atoms with Crippen LogP contribution in [0.3, 0.4) is 0 Å². The maximum absolute atomic E-state index is 12.8. The Morgan fingerprint density at radius 3 is 2.59 bits per heavy atom. The third-order valence-corrected chi connectivity index (χ3v) is 5.67. The number of benzene rings is 2. The van der Waals surface area contributed by atoms with Crippen molar-refractivity contribution < 1.29 is 14.3 Å². The number of nitrogens with one attached hydrogen (secondary N) is 1. The lowest BCUT2D eigenvalue weighted by Crippen LogP contribution is -2.33. The summed E-state index contributed by atoms with van der Waals surface area (Å²) in [6, 6.07) is 13.2. The maximum atomic E-state index is 12.8. The molecule has 2 aromatic carbocycles. The number of amides is 2. The van der Waals surface area contributed by atoms with Crippen LogP contribution in [0.5, 0.6) is 5.75 Å². The minimum absolute atomic E-state index is 0.0882. The molecule has 0 saturated carbocycles. The average molecular weight is 412 g/mol. The van der Waals surface area contributed by atoms with Crippen molar-refractivity contribution in [3.63, 3.8) is 0 Å². The lowest BCUT2D eigenvalue weighted by Gasteiger charge is -2.13. The number of aryl methyl sites for hydroxylation is 2. The van der Waals surface area contributed by atoms with E-state index in [1.807, 2.05) is 63.2 Å². The number of amidine groups is 1. The van der Waals surface area contributed by atoms with Gasteiger partial charge in [-0.05, 0) is 56.2 Å². The molecular weight excluding hydrogens is 386 g/mol. The molecule has 1 atom stereocenters. The molecule has 2 amide bonds. The smallest absolute Gasteiger partial charge is 0.242 e. The first kappa shape index (κ1) is 20.9. The van der Waals surface area contributed by atoms with E-state index in [2.05, 4.69) is 10.3 Å². The van der Waals surface area contributed by atoms with Crippen LogP contribution < -0.4 is 10.1 Å². The third-order valence-electron chi connectivity index (χ3n) is 4.49. The monoisotopic (exact) mass is 411 g/mol. The highest BCUT2D eigenvalue weighted by Gasteiger charge is 2.38. The van der Waals surface area contributed by atoms with Crippen molar-refractivity contribution >= 4 is 40.1 Å². The minimum atomic E-state index is -0.481. The van der Waals surface area contributed by atoms with Crippen molar-refractivity contribution in [3.8, 4) is 5.75 Å². The molecule has 29 heavy (non-hydrogen) atoms. The molecule has 0 bridgehead atoms. The van der Waals surface area contributed by atoms with E-state index in [-0.39, 0.29) is 18.2 Å². The molecule has 7 heteroatoms. The quantitative estimate of drug-likeness (QED) is 0.770. The number of aliphatic imine (C=N–C) groups is 1. The van der Waals surface area contributed by atoms with Crippen molar-refractivity contribution in [2.45, 2.75) is 32.4 Å². The van der Waals surface area contributed by atoms with Gasteiger partial charge in [-0.15, -0.1) is 0 Å². The van der Waals surface area contributed by atoms with Crippen LogP contribution in [0.2, 0.25) is 0 Å². The topological polar surface area (TPSA) is 71.0 Å². The van der Waals surface area contributed by atoms with E-state index in [0.717, 1.165) is 16.8 Å². The highest BCUT2D eigenvalue weighted by molar-refractivity contribution is 8.15. The number of anilines is 1. The zero-order valence-electron chi connectivity index (χ0n) is 17.1. The van der Waals surface area contributed by atoms with Gasteiger partial charge in [-0.3, -0.25) is 14.5 Å². The first-order chi connectivity index (χ1) is 13.9. The summed E-state index contributed by atoms with van der Waals surface area (Å²) in [6.07, 6.45) is 0.101. The van der Waals surface area contributed by atoms with E-state index >= 15 is 0 Å². The second kappa shape index (κ2) is 9.13. The maximum Gasteiger partial charge on any atom is 0.242 e. The fourth-order valence-corrected chi connectivity index (χ4v) is 4.46. The average Bonchev–Trinajstić information content (AvgIpc) is 2.95. The lowest BCUT2D eigenvalue weighted by atomic mass is 10.1. The summed E-state index contributed by atoms with van der Waals surface area (Å²) in [6.45, 7) is 6.38. The number of ether oxygens (including phenoxy) is 1. The fourth-order valence-electron chi connectivity index (χ4n) is 3.23. The van der Waals surface area contributed by atoms with Gasteiger partial charge in [0.2, 0.25) is 11.8 Å². The van der Waals surface area contributed by atoms with Crippen LogP contribution in [-0.4, -0.2) is 40.8 Å². The molecule has 1 aliphatic heterocycles. The number of nitrogens with zero attached hydrogens (tertiary/aromatic N) is 2. The Hall–Kier alpha value is -2.80. The Labute approximate surface area is 175 Å². The summed E-state index contributed by atoms with van der Waals surface area (Å²) in [5, 5.41) is 3.03. The van der Waals surface area contributed by atoms with Crippen LogP contribution in [0.25, 0.3) is 0 Å². The van der Waals surface area contributed by atoms with Crippen molar-refractivity contribution in [1.82, 2.24) is 4.90 Å². The molecule has 3 rings (SSSR count). The summed E-state index contributed by atoms with van der Waals surface area (Å²) in [4.78, 5) is 31.5. The molecule has 1 unspecified atom stereocenters. The molecule has 1 aliphatic rings. The summed E-state index contributed by atoms with van der Waals surface area (Å²) in [7, 11) is 1.60. The molecule has 0 aromatic heterocycles. The van der Waals surface area contributed by atoms with Crippen LogP contribution in [0, 0.1) is 13.8 Å². The zero-order valence-corrected chi connectivity index (χ0v) is 17.9. The van der Waals surface area contributed by atoms with Crippen molar-refractivity contribution in [2.24, 2.45) is 4.99 Å². The molecule has 0 spiro atoms. The van der Waals surface area contributed by atoms with Crippen LogP contribution in [-0.2, 0) is 9.59 Å². The van der Waals surface area contributed by atoms with Gasteiger partial charge in [-0.1, -0.05) is 23.9 Å². The first-order valence-corrected chi connectivity index (χ1v) is 10.4. The largest absolute Gasteiger partial charge is 0.497 e. The molecule has 152 valence electrons. The van der Waals surface area contributed by atoms with Crippen molar-refractivity contribution in [2.75, 3.05) is 19.0 Å². The van der Waals surface area contributed by atoms with Gasteiger partial charge in [-0.25, -0.2) is 4.99 Å². The summed E-state index contributed by atoms with van der Waals surface area (Å²) in [5.41, 5.74) is 3.62. The van der Waals surface area contributed by atoms with Gasteiger partial charge < -0.3 is 10.1 Å². The standard InChI is InChI=1S/C22H25N3O3S/c1-5-25-21(27)19(13-20(26)23-17-10-14(2)9-15(3)11-17)29-22(25)24-16-7-6-8-18(12-16)28-4/h6-12,19H,5,13H2,1-4H3,(H,23,26). The van der Waals surface area contributed by atoms with Gasteiger partial charge in [0.1, 0.15) is 11.0 Å². The number of carbonyl (C=O) groups excluding carboxylic acids is 2. The summed E-state index contributed by atoms with van der Waals surface area (Å²) < 4.78 is 5.23. The number of hydrogen-bond acceptors (Lipinski definition) is 5. The van der Waals surface area contributed by atoms with E-state index in [1.54, 1.807) is 12.0 Å². The Bertz CT molecular complexity index is 938. The molecule has 1 N–H and O–H groups in total. The summed E-state index contributed by atoms with van der Waals surface area (Å²) >= 11 is 1.33. The van der Waals surface area contributed by atoms with E-state index in [4.69, 9.17) is 4.74 Å². The lowest BCUT2D eigenvalue weighted by molar-refractivity contribution is -0.128. The van der Waals surface area contributed by atoms with Crippen molar-refractivity contribution in [1.29, 1.82) is 0 Å². The Kier molecular flexibility index (Phi) is 6.59. The molecule has 1 heterocycles. The molecule has 6 nitrogen and oxygen atoms in total. The fraction of sp³-hybridized carbons (Fsp3) is 0.318. The molecule has 1 saturated heterocycles. The predicted molar refractivity (Wildman–Crippen MR) is 118 cm³/mol. The Morgan fingerprint density at radius 2 is 1.93 bits per heavy atom. The van der Waals surface area contributed by atoms with Crippen LogP contribution >= 0.6 is 11.8 Å². The van der Waals surface area contributed by atoms with Crippen LogP contribution in [0.15, 0.2) is 47.5 Å². The second-order valence-electron chi connectivity index (χ2n) is 6.91. The van der Waals surface area contributed by atoms with E-state index in [0.29, 0.717) is 23.1 Å². The Morgan fingerprint density at radius 1 is 1.21 bits per heavy atom. The minimum Gasteiger partial charge on any atom is -0.497 e. The number of thioether (sulfide) groups is 1. The SMILES string of the molecule is CCN1C(=O)C(CC(=O)Nc2cc(C)cc(C)c2)SC1=Nc1cccc(OC)c1. The Balaban J connectivity index is 1.72. The van der Waals surface area contributed by atoms with Gasteiger partial charge in [0.15, 0.2) is 5.17 Å². The zero-order chi connectivity index (χ0) is 21.0. The van der Waals surface area contributed by atoms with Gasteiger partial charge >= 0.3 is 0 Å². The third kappa shape index (κ3) is 5.17. The molecular formula is C22H25N3O3S. The van der Waals surface area contributed by atoms with Crippen molar-refractivity contribution in [3.05, 3.63) is 53.6 Å².